The summed E-state index contributed by atoms with van der Waals surface area (Å²) in [4.78, 5) is 18.0. The van der Waals surface area contributed by atoms with Crippen LogP contribution in [0, 0.1) is 5.82 Å². The highest BCUT2D eigenvalue weighted by Gasteiger charge is 2.37. The van der Waals surface area contributed by atoms with Gasteiger partial charge in [-0.1, -0.05) is 35.8 Å². The summed E-state index contributed by atoms with van der Waals surface area (Å²) >= 11 is 5.93. The van der Waals surface area contributed by atoms with Gasteiger partial charge in [0.05, 0.1) is 34.5 Å². The summed E-state index contributed by atoms with van der Waals surface area (Å²) in [6.45, 7) is 1.81. The molecule has 0 spiro atoms. The van der Waals surface area contributed by atoms with Crippen LogP contribution in [0.4, 0.5) is 10.1 Å². The second kappa shape index (κ2) is 8.03. The van der Waals surface area contributed by atoms with E-state index in [2.05, 4.69) is 10.1 Å². The Labute approximate surface area is 182 Å². The van der Waals surface area contributed by atoms with E-state index in [0.29, 0.717) is 22.9 Å². The van der Waals surface area contributed by atoms with Gasteiger partial charge in [0.25, 0.3) is 0 Å². The molecule has 0 aliphatic carbocycles. The van der Waals surface area contributed by atoms with Crippen molar-refractivity contribution in [3.8, 4) is 11.4 Å². The van der Waals surface area contributed by atoms with Crippen LogP contribution in [-0.4, -0.2) is 36.3 Å². The molecule has 3 aromatic rings. The van der Waals surface area contributed by atoms with Gasteiger partial charge in [-0.3, -0.25) is 4.79 Å². The topological polar surface area (TPSA) is 119 Å². The summed E-state index contributed by atoms with van der Waals surface area (Å²) in [6.07, 6.45) is 0.448. The Kier molecular flexibility index (Phi) is 5.54. The Hall–Kier alpha value is -2.82. The number of nitrogens with two attached hydrogens (primary N) is 1. The average Bonchev–Trinajstić information content (AvgIpc) is 3.19. The van der Waals surface area contributed by atoms with Crippen LogP contribution in [-0.2, 0) is 27.6 Å². The van der Waals surface area contributed by atoms with Gasteiger partial charge >= 0.3 is 0 Å². The second-order valence-electron chi connectivity index (χ2n) is 7.10. The number of nitrogens with zero attached hydrogens (tertiary/aromatic N) is 3. The fraction of sp³-hybridized carbons (Fsp3) is 0.250. The Bertz CT molecular complexity index is 1260. The van der Waals surface area contributed by atoms with E-state index in [1.807, 2.05) is 0 Å². The molecule has 1 aromatic heterocycles. The van der Waals surface area contributed by atoms with Crippen molar-refractivity contribution in [2.75, 3.05) is 10.7 Å². The Morgan fingerprint density at radius 1 is 1.29 bits per heavy atom. The molecule has 0 fully saturated rings. The van der Waals surface area contributed by atoms with E-state index in [0.717, 1.165) is 6.07 Å². The molecular weight excluding hydrogens is 447 g/mol. The number of aromatic nitrogens is 2. The first-order valence-corrected chi connectivity index (χ1v) is 11.4. The van der Waals surface area contributed by atoms with E-state index in [1.165, 1.54) is 11.0 Å². The lowest BCUT2D eigenvalue weighted by atomic mass is 10.1. The minimum Gasteiger partial charge on any atom is -0.339 e. The van der Waals surface area contributed by atoms with Gasteiger partial charge in [-0.2, -0.15) is 4.98 Å². The molecule has 1 atom stereocenters. The lowest BCUT2D eigenvalue weighted by Gasteiger charge is -2.24. The number of halogens is 2. The number of sulfone groups is 1. The standard InChI is InChI=1S/C20H18ClFN4O4S/c1-2-18-24-19(25-30-18)13-7-16-17(8-14(13)22)31(28,29)10-15(23)20(27)26(16)9-11-3-5-12(21)6-4-11/h3-8,15H,2,9-10,23H2,1H3/t15-/m0/s1. The van der Waals surface area contributed by atoms with Crippen molar-refractivity contribution < 1.29 is 22.1 Å². The van der Waals surface area contributed by atoms with Gasteiger partial charge in [-0.15, -0.1) is 0 Å². The molecule has 162 valence electrons. The summed E-state index contributed by atoms with van der Waals surface area (Å²) in [6, 6.07) is 7.54. The summed E-state index contributed by atoms with van der Waals surface area (Å²) < 4.78 is 45.7. The van der Waals surface area contributed by atoms with Crippen molar-refractivity contribution in [2.45, 2.75) is 30.8 Å². The molecule has 0 saturated carbocycles. The molecule has 4 rings (SSSR count). The van der Waals surface area contributed by atoms with E-state index in [-0.39, 0.29) is 28.5 Å². The first kappa shape index (κ1) is 21.4. The maximum atomic E-state index is 14.9. The van der Waals surface area contributed by atoms with Crippen molar-refractivity contribution in [2.24, 2.45) is 5.73 Å². The lowest BCUT2D eigenvalue weighted by Crippen LogP contribution is -2.45. The van der Waals surface area contributed by atoms with Gasteiger partial charge in [-0.25, -0.2) is 12.8 Å². The largest absolute Gasteiger partial charge is 0.339 e. The molecule has 2 heterocycles. The molecule has 0 unspecified atom stereocenters. The van der Waals surface area contributed by atoms with Crippen molar-refractivity contribution in [3.63, 3.8) is 0 Å². The normalized spacial score (nSPS) is 18.0. The zero-order valence-electron chi connectivity index (χ0n) is 16.4. The molecule has 31 heavy (non-hydrogen) atoms. The number of hydrogen-bond donors (Lipinski definition) is 1. The Morgan fingerprint density at radius 3 is 2.65 bits per heavy atom. The van der Waals surface area contributed by atoms with Crippen LogP contribution in [0.5, 0.6) is 0 Å². The monoisotopic (exact) mass is 464 g/mol. The van der Waals surface area contributed by atoms with Gasteiger partial charge in [-0.05, 0) is 29.8 Å². The number of rotatable bonds is 4. The van der Waals surface area contributed by atoms with Gasteiger partial charge in [0.1, 0.15) is 5.82 Å². The minimum absolute atomic E-state index is 0.00662. The third kappa shape index (κ3) is 4.06. The van der Waals surface area contributed by atoms with E-state index >= 15 is 0 Å². The van der Waals surface area contributed by atoms with Gasteiger partial charge in [0, 0.05) is 11.4 Å². The van der Waals surface area contributed by atoms with E-state index in [4.69, 9.17) is 21.9 Å². The smallest absolute Gasteiger partial charge is 0.245 e. The summed E-state index contributed by atoms with van der Waals surface area (Å²) in [5.74, 6) is -1.82. The number of amides is 1. The van der Waals surface area contributed by atoms with Crippen molar-refractivity contribution >= 4 is 33.0 Å². The SMILES string of the molecule is CCc1nc(-c2cc3c(cc2F)S(=O)(=O)C[C@H](N)C(=O)N3Cc2ccc(Cl)cc2)no1. The molecular formula is C20H18ClFN4O4S. The lowest BCUT2D eigenvalue weighted by molar-refractivity contribution is -0.119. The molecule has 0 radical (unpaired) electrons. The summed E-state index contributed by atoms with van der Waals surface area (Å²) in [5, 5.41) is 4.27. The highest BCUT2D eigenvalue weighted by atomic mass is 35.5. The number of carbonyl (C=O) groups excluding carboxylic acids is 1. The van der Waals surface area contributed by atoms with Crippen molar-refractivity contribution in [3.05, 3.63) is 58.7 Å². The van der Waals surface area contributed by atoms with E-state index in [9.17, 15) is 17.6 Å². The molecule has 0 saturated heterocycles. The fourth-order valence-corrected chi connectivity index (χ4v) is 5.03. The third-order valence-corrected chi connectivity index (χ3v) is 6.97. The van der Waals surface area contributed by atoms with E-state index in [1.54, 1.807) is 31.2 Å². The van der Waals surface area contributed by atoms with Crippen LogP contribution in [0.3, 0.4) is 0 Å². The first-order chi connectivity index (χ1) is 14.7. The van der Waals surface area contributed by atoms with Crippen molar-refractivity contribution in [1.82, 2.24) is 10.1 Å². The number of hydrogen-bond acceptors (Lipinski definition) is 7. The number of carbonyl (C=O) groups is 1. The Morgan fingerprint density at radius 2 is 2.00 bits per heavy atom. The van der Waals surface area contributed by atoms with Crippen LogP contribution in [0.25, 0.3) is 11.4 Å². The molecule has 1 aliphatic heterocycles. The van der Waals surface area contributed by atoms with E-state index < -0.39 is 33.4 Å². The number of aryl methyl sites for hydroxylation is 1. The third-order valence-electron chi connectivity index (χ3n) is 4.92. The van der Waals surface area contributed by atoms with Crippen LogP contribution in [0.2, 0.25) is 5.02 Å². The Balaban J connectivity index is 1.90. The first-order valence-electron chi connectivity index (χ1n) is 9.40. The molecule has 1 aliphatic rings. The van der Waals surface area contributed by atoms with Crippen LogP contribution in [0.15, 0.2) is 45.8 Å². The van der Waals surface area contributed by atoms with Crippen LogP contribution >= 0.6 is 11.6 Å². The molecule has 2 aromatic carbocycles. The highest BCUT2D eigenvalue weighted by molar-refractivity contribution is 7.91. The predicted octanol–water partition coefficient (Wildman–Crippen LogP) is 2.74. The molecule has 11 heteroatoms. The van der Waals surface area contributed by atoms with Gasteiger partial charge in [0.15, 0.2) is 9.84 Å². The maximum Gasteiger partial charge on any atom is 0.245 e. The zero-order chi connectivity index (χ0) is 22.3. The molecule has 2 N–H and O–H groups in total. The van der Waals surface area contributed by atoms with Crippen LogP contribution < -0.4 is 10.6 Å². The quantitative estimate of drug-likeness (QED) is 0.630. The number of anilines is 1. The van der Waals surface area contributed by atoms with Crippen molar-refractivity contribution in [1.29, 1.82) is 0 Å². The second-order valence-corrected chi connectivity index (χ2v) is 9.54. The van der Waals surface area contributed by atoms with Gasteiger partial charge < -0.3 is 15.2 Å². The highest BCUT2D eigenvalue weighted by Crippen LogP contribution is 2.36. The maximum absolute atomic E-state index is 14.9. The zero-order valence-corrected chi connectivity index (χ0v) is 18.0. The summed E-state index contributed by atoms with van der Waals surface area (Å²) in [5.41, 5.74) is 6.50. The molecule has 0 bridgehead atoms. The van der Waals surface area contributed by atoms with Crippen LogP contribution in [0.1, 0.15) is 18.4 Å². The minimum atomic E-state index is -4.03. The molecule has 1 amide bonds. The number of fused-ring (bicyclic) bond motifs is 1. The number of benzene rings is 2. The fourth-order valence-electron chi connectivity index (χ4n) is 3.33. The van der Waals surface area contributed by atoms with Gasteiger partial charge in [0.2, 0.25) is 17.6 Å². The molecule has 8 nitrogen and oxygen atoms in total. The average molecular weight is 465 g/mol. The predicted molar refractivity (Wildman–Crippen MR) is 112 cm³/mol. The summed E-state index contributed by atoms with van der Waals surface area (Å²) in [7, 11) is -4.03.